The van der Waals surface area contributed by atoms with Gasteiger partial charge in [0.2, 0.25) is 0 Å². The molecule has 0 saturated carbocycles. The maximum atomic E-state index is 14.4. The molecule has 0 radical (unpaired) electrons. The third-order valence-electron chi connectivity index (χ3n) is 4.38. The molecule has 140 valence electrons. The third-order valence-corrected chi connectivity index (χ3v) is 4.68. The number of rotatable bonds is 4. The molecule has 0 bridgehead atoms. The minimum Gasteiger partial charge on any atom is -0.466 e. The van der Waals surface area contributed by atoms with Gasteiger partial charge in [-0.15, -0.1) is 0 Å². The minimum atomic E-state index is -1.08. The number of halogens is 2. The summed E-state index contributed by atoms with van der Waals surface area (Å²) in [5.41, 5.74) is 1.13. The molecule has 2 aromatic rings. The van der Waals surface area contributed by atoms with Crippen molar-refractivity contribution >= 4 is 29.0 Å². The Bertz CT molecular complexity index is 895. The topological polar surface area (TPSA) is 41.6 Å². The molecule has 0 spiro atoms. The Kier molecular flexibility index (Phi) is 5.51. The summed E-state index contributed by atoms with van der Waals surface area (Å²) in [5, 5.41) is 3.16. The second-order valence-electron chi connectivity index (χ2n) is 5.89. The molecule has 4 nitrogen and oxygen atoms in total. The summed E-state index contributed by atoms with van der Waals surface area (Å²) in [6.45, 7) is 1.84. The van der Waals surface area contributed by atoms with Crippen LogP contribution < -0.4 is 10.2 Å². The van der Waals surface area contributed by atoms with Crippen LogP contribution in [0, 0.1) is 11.6 Å². The molecule has 3 rings (SSSR count). The first-order valence-corrected chi connectivity index (χ1v) is 8.81. The van der Waals surface area contributed by atoms with Gasteiger partial charge in [-0.25, -0.2) is 13.6 Å². The van der Waals surface area contributed by atoms with Crippen LogP contribution >= 0.6 is 12.2 Å². The first-order valence-electron chi connectivity index (χ1n) is 8.40. The number of nitrogens with one attached hydrogen (secondary N) is 1. The Hall–Kier alpha value is -2.80. The Labute approximate surface area is 161 Å². The van der Waals surface area contributed by atoms with Crippen LogP contribution in [-0.4, -0.2) is 18.2 Å². The molecule has 0 saturated heterocycles. The standard InChI is InChI=1S/C20H18F2N2O2S/c1-3-15-17(19(25)26-2)18(16-13(21)10-7-11-14(16)22)23-20(27)24(15)12-8-5-4-6-9-12/h4-11,18H,3H2,1-2H3,(H,23,27)/t18-/m1/s1. The lowest BCUT2D eigenvalue weighted by Gasteiger charge is -2.38. The second kappa shape index (κ2) is 7.84. The van der Waals surface area contributed by atoms with Crippen molar-refractivity contribution in [2.24, 2.45) is 0 Å². The van der Waals surface area contributed by atoms with Crippen LogP contribution in [0.25, 0.3) is 0 Å². The fraction of sp³-hybridized carbons (Fsp3) is 0.200. The van der Waals surface area contributed by atoms with Crippen molar-refractivity contribution in [3.05, 3.63) is 77.0 Å². The van der Waals surface area contributed by atoms with Gasteiger partial charge in [0.15, 0.2) is 5.11 Å². The molecule has 7 heteroatoms. The van der Waals surface area contributed by atoms with E-state index in [0.29, 0.717) is 12.1 Å². The van der Waals surface area contributed by atoms with E-state index >= 15 is 0 Å². The zero-order chi connectivity index (χ0) is 19.6. The summed E-state index contributed by atoms with van der Waals surface area (Å²) in [6.07, 6.45) is 0.410. The molecule has 0 aliphatic carbocycles. The van der Waals surface area contributed by atoms with Gasteiger partial charge in [-0.2, -0.15) is 0 Å². The third kappa shape index (κ3) is 3.42. The number of para-hydroxylation sites is 1. The monoisotopic (exact) mass is 388 g/mol. The Morgan fingerprint density at radius 2 is 1.78 bits per heavy atom. The first kappa shape index (κ1) is 19.0. The molecule has 0 unspecified atom stereocenters. The number of nitrogens with zero attached hydrogens (tertiary/aromatic N) is 1. The Balaban J connectivity index is 2.25. The average Bonchev–Trinajstić information content (AvgIpc) is 2.67. The van der Waals surface area contributed by atoms with Crippen molar-refractivity contribution < 1.29 is 18.3 Å². The Morgan fingerprint density at radius 3 is 2.33 bits per heavy atom. The van der Waals surface area contributed by atoms with Crippen LogP contribution in [0.3, 0.4) is 0 Å². The van der Waals surface area contributed by atoms with E-state index in [4.69, 9.17) is 17.0 Å². The van der Waals surface area contributed by atoms with Crippen molar-refractivity contribution in [1.82, 2.24) is 5.32 Å². The number of benzene rings is 2. The molecule has 0 aromatic heterocycles. The van der Waals surface area contributed by atoms with Crippen LogP contribution in [0.5, 0.6) is 0 Å². The highest BCUT2D eigenvalue weighted by Gasteiger charge is 2.38. The lowest BCUT2D eigenvalue weighted by molar-refractivity contribution is -0.136. The van der Waals surface area contributed by atoms with Gasteiger partial charge in [-0.3, -0.25) is 4.90 Å². The lowest BCUT2D eigenvalue weighted by Crippen LogP contribution is -2.49. The van der Waals surface area contributed by atoms with Gasteiger partial charge in [0.1, 0.15) is 11.6 Å². The fourth-order valence-corrected chi connectivity index (χ4v) is 3.55. The van der Waals surface area contributed by atoms with E-state index in [-0.39, 0.29) is 16.2 Å². The van der Waals surface area contributed by atoms with Gasteiger partial charge >= 0.3 is 5.97 Å². The summed E-state index contributed by atoms with van der Waals surface area (Å²) in [4.78, 5) is 14.3. The SMILES string of the molecule is CCC1=C(C(=O)OC)[C@@H](c2c(F)cccc2F)NC(=S)N1c1ccccc1. The number of thiocarbonyl (C=S) groups is 1. The highest BCUT2D eigenvalue weighted by molar-refractivity contribution is 7.80. The van der Waals surface area contributed by atoms with E-state index < -0.39 is 23.6 Å². The van der Waals surface area contributed by atoms with Gasteiger partial charge in [0, 0.05) is 11.4 Å². The molecule has 1 aliphatic rings. The molecule has 1 N–H and O–H groups in total. The molecule has 1 aliphatic heterocycles. The van der Waals surface area contributed by atoms with Crippen molar-refractivity contribution in [2.75, 3.05) is 12.0 Å². The first-order chi connectivity index (χ1) is 13.0. The van der Waals surface area contributed by atoms with E-state index in [1.807, 2.05) is 37.3 Å². The normalized spacial score (nSPS) is 17.0. The van der Waals surface area contributed by atoms with Crippen LogP contribution in [0.1, 0.15) is 24.9 Å². The van der Waals surface area contributed by atoms with Gasteiger partial charge in [0.25, 0.3) is 0 Å². The smallest absolute Gasteiger partial charge is 0.338 e. The number of carbonyl (C=O) groups excluding carboxylic acids is 1. The number of anilines is 1. The average molecular weight is 388 g/mol. The van der Waals surface area contributed by atoms with Gasteiger partial charge in [0.05, 0.1) is 24.3 Å². The number of esters is 1. The van der Waals surface area contributed by atoms with Crippen molar-refractivity contribution in [3.63, 3.8) is 0 Å². The zero-order valence-corrected chi connectivity index (χ0v) is 15.6. The van der Waals surface area contributed by atoms with Gasteiger partial charge in [-0.1, -0.05) is 31.2 Å². The summed E-state index contributed by atoms with van der Waals surface area (Å²) >= 11 is 5.48. The van der Waals surface area contributed by atoms with Crippen LogP contribution in [0.4, 0.5) is 14.5 Å². The van der Waals surface area contributed by atoms with Crippen LogP contribution in [0.15, 0.2) is 59.8 Å². The Morgan fingerprint density at radius 1 is 1.15 bits per heavy atom. The van der Waals surface area contributed by atoms with E-state index in [0.717, 1.165) is 17.8 Å². The maximum absolute atomic E-state index is 14.4. The number of ether oxygens (including phenoxy) is 1. The van der Waals surface area contributed by atoms with Crippen molar-refractivity contribution in [1.29, 1.82) is 0 Å². The van der Waals surface area contributed by atoms with Crippen LogP contribution in [-0.2, 0) is 9.53 Å². The molecule has 0 fully saturated rings. The number of carbonyl (C=O) groups is 1. The van der Waals surface area contributed by atoms with E-state index in [2.05, 4.69) is 5.32 Å². The van der Waals surface area contributed by atoms with E-state index in [1.165, 1.54) is 13.2 Å². The number of hydrogen-bond donors (Lipinski definition) is 1. The summed E-state index contributed by atoms with van der Waals surface area (Å²) in [7, 11) is 1.23. The van der Waals surface area contributed by atoms with Crippen molar-refractivity contribution in [3.8, 4) is 0 Å². The molecule has 2 aromatic carbocycles. The van der Waals surface area contributed by atoms with Crippen LogP contribution in [0.2, 0.25) is 0 Å². The zero-order valence-electron chi connectivity index (χ0n) is 14.8. The predicted octanol–water partition coefficient (Wildman–Crippen LogP) is 4.24. The molecule has 1 atom stereocenters. The lowest BCUT2D eigenvalue weighted by atomic mass is 9.92. The van der Waals surface area contributed by atoms with E-state index in [1.54, 1.807) is 4.90 Å². The number of allylic oxidation sites excluding steroid dienone is 1. The maximum Gasteiger partial charge on any atom is 0.338 e. The predicted molar refractivity (Wildman–Crippen MR) is 103 cm³/mol. The molecule has 0 amide bonds. The van der Waals surface area contributed by atoms with Gasteiger partial charge < -0.3 is 10.1 Å². The van der Waals surface area contributed by atoms with Crippen molar-refractivity contribution in [2.45, 2.75) is 19.4 Å². The fourth-order valence-electron chi connectivity index (χ4n) is 3.22. The largest absolute Gasteiger partial charge is 0.466 e. The van der Waals surface area contributed by atoms with Gasteiger partial charge in [-0.05, 0) is 42.9 Å². The highest BCUT2D eigenvalue weighted by atomic mass is 32.1. The highest BCUT2D eigenvalue weighted by Crippen LogP contribution is 2.37. The summed E-state index contributed by atoms with van der Waals surface area (Å²) in [6, 6.07) is 11.7. The quantitative estimate of drug-likeness (QED) is 0.627. The second-order valence-corrected chi connectivity index (χ2v) is 6.28. The summed E-state index contributed by atoms with van der Waals surface area (Å²) < 4.78 is 33.8. The molecule has 1 heterocycles. The molecule has 27 heavy (non-hydrogen) atoms. The summed E-state index contributed by atoms with van der Waals surface area (Å²) in [5.74, 6) is -2.20. The molecular weight excluding hydrogens is 370 g/mol. The minimum absolute atomic E-state index is 0.126. The number of hydrogen-bond acceptors (Lipinski definition) is 3. The number of methoxy groups -OCH3 is 1. The molecular formula is C20H18F2N2O2S. The van der Waals surface area contributed by atoms with E-state index in [9.17, 15) is 13.6 Å².